The van der Waals surface area contributed by atoms with Crippen LogP contribution in [0.25, 0.3) is 0 Å². The highest BCUT2D eigenvalue weighted by molar-refractivity contribution is 5.35. The summed E-state index contributed by atoms with van der Waals surface area (Å²) >= 11 is 0. The van der Waals surface area contributed by atoms with E-state index in [2.05, 4.69) is 32.0 Å². The first-order chi connectivity index (χ1) is 9.74. The van der Waals surface area contributed by atoms with E-state index in [1.807, 2.05) is 13.0 Å². The molecule has 0 bridgehead atoms. The highest BCUT2D eigenvalue weighted by Crippen LogP contribution is 2.27. The van der Waals surface area contributed by atoms with Crippen molar-refractivity contribution in [3.8, 4) is 0 Å². The molecule has 20 heavy (non-hydrogen) atoms. The lowest BCUT2D eigenvalue weighted by atomic mass is 10.3. The molecule has 1 aliphatic heterocycles. The molecule has 1 saturated heterocycles. The van der Waals surface area contributed by atoms with Crippen LogP contribution in [0.3, 0.4) is 0 Å². The molecule has 1 N–H and O–H groups in total. The van der Waals surface area contributed by atoms with Crippen molar-refractivity contribution in [2.45, 2.75) is 39.3 Å². The van der Waals surface area contributed by atoms with Crippen LogP contribution in [-0.4, -0.2) is 58.5 Å². The minimum absolute atomic E-state index is 0.874. The van der Waals surface area contributed by atoms with E-state index in [9.17, 15) is 0 Å². The van der Waals surface area contributed by atoms with E-state index in [-0.39, 0.29) is 0 Å². The predicted octanol–water partition coefficient (Wildman–Crippen LogP) is 1.50. The maximum atomic E-state index is 4.61. The van der Waals surface area contributed by atoms with Gasteiger partial charge in [-0.15, -0.1) is 0 Å². The Kier molecular flexibility index (Phi) is 4.17. The Bertz CT molecular complexity index is 450. The van der Waals surface area contributed by atoms with Crippen molar-refractivity contribution in [1.82, 2.24) is 19.8 Å². The van der Waals surface area contributed by atoms with E-state index in [0.717, 1.165) is 49.6 Å². The van der Waals surface area contributed by atoms with Gasteiger partial charge in [0, 0.05) is 50.5 Å². The second-order valence-electron chi connectivity index (χ2n) is 5.88. The quantitative estimate of drug-likeness (QED) is 0.882. The Balaban J connectivity index is 1.57. The zero-order valence-electron chi connectivity index (χ0n) is 12.6. The molecule has 1 aromatic heterocycles. The highest BCUT2D eigenvalue weighted by atomic mass is 15.3. The van der Waals surface area contributed by atoms with Crippen molar-refractivity contribution in [2.75, 3.05) is 38.0 Å². The van der Waals surface area contributed by atoms with Gasteiger partial charge >= 0.3 is 0 Å². The summed E-state index contributed by atoms with van der Waals surface area (Å²) in [6, 6.07) is 2.91. The molecule has 0 radical (unpaired) electrons. The molecule has 0 amide bonds. The SMILES string of the molecule is CCNc1cc(C)nc(CN2CCN(C3CC3)CC2)n1. The lowest BCUT2D eigenvalue weighted by molar-refractivity contribution is 0.119. The third-order valence-corrected chi connectivity index (χ3v) is 4.09. The first-order valence-electron chi connectivity index (χ1n) is 7.79. The standard InChI is InChI=1S/C15H25N5/c1-3-16-14-10-12(2)17-15(18-14)11-19-6-8-20(9-7-19)13-4-5-13/h10,13H,3-9,11H2,1-2H3,(H,16,17,18). The second kappa shape index (κ2) is 6.06. The Morgan fingerprint density at radius 3 is 2.60 bits per heavy atom. The van der Waals surface area contributed by atoms with E-state index >= 15 is 0 Å². The number of aromatic nitrogens is 2. The average molecular weight is 275 g/mol. The first-order valence-corrected chi connectivity index (χ1v) is 7.79. The number of hydrogen-bond donors (Lipinski definition) is 1. The van der Waals surface area contributed by atoms with Crippen LogP contribution in [0, 0.1) is 6.92 Å². The number of piperazine rings is 1. The summed E-state index contributed by atoms with van der Waals surface area (Å²) in [4.78, 5) is 14.3. The summed E-state index contributed by atoms with van der Waals surface area (Å²) in [6.07, 6.45) is 2.82. The molecule has 3 rings (SSSR count). The second-order valence-corrected chi connectivity index (χ2v) is 5.88. The molecule has 2 fully saturated rings. The Morgan fingerprint density at radius 1 is 1.20 bits per heavy atom. The lowest BCUT2D eigenvalue weighted by Gasteiger charge is -2.34. The zero-order valence-corrected chi connectivity index (χ0v) is 12.6. The van der Waals surface area contributed by atoms with E-state index < -0.39 is 0 Å². The van der Waals surface area contributed by atoms with Crippen molar-refractivity contribution < 1.29 is 0 Å². The minimum Gasteiger partial charge on any atom is -0.370 e. The molecule has 5 nitrogen and oxygen atoms in total. The Labute approximate surface area is 121 Å². The maximum Gasteiger partial charge on any atom is 0.144 e. The molecule has 2 heterocycles. The Morgan fingerprint density at radius 2 is 1.95 bits per heavy atom. The van der Waals surface area contributed by atoms with E-state index in [0.29, 0.717) is 0 Å². The van der Waals surface area contributed by atoms with Gasteiger partial charge in [0.05, 0.1) is 6.54 Å². The van der Waals surface area contributed by atoms with Gasteiger partial charge in [-0.2, -0.15) is 0 Å². The molecular formula is C15H25N5. The fourth-order valence-corrected chi connectivity index (χ4v) is 2.90. The van der Waals surface area contributed by atoms with Crippen LogP contribution >= 0.6 is 0 Å². The molecule has 0 spiro atoms. The molecule has 2 aliphatic rings. The molecule has 0 aromatic carbocycles. The van der Waals surface area contributed by atoms with Gasteiger partial charge in [-0.3, -0.25) is 9.80 Å². The molecule has 1 saturated carbocycles. The van der Waals surface area contributed by atoms with Gasteiger partial charge in [0.15, 0.2) is 0 Å². The number of aryl methyl sites for hydroxylation is 1. The molecular weight excluding hydrogens is 250 g/mol. The van der Waals surface area contributed by atoms with Crippen LogP contribution in [0.4, 0.5) is 5.82 Å². The molecule has 1 aromatic rings. The summed E-state index contributed by atoms with van der Waals surface area (Å²) in [7, 11) is 0. The molecule has 0 atom stereocenters. The number of nitrogens with zero attached hydrogens (tertiary/aromatic N) is 4. The van der Waals surface area contributed by atoms with Crippen molar-refractivity contribution in [1.29, 1.82) is 0 Å². The van der Waals surface area contributed by atoms with Crippen molar-refractivity contribution >= 4 is 5.82 Å². The largest absolute Gasteiger partial charge is 0.370 e. The fourth-order valence-electron chi connectivity index (χ4n) is 2.90. The van der Waals surface area contributed by atoms with Gasteiger partial charge < -0.3 is 5.32 Å². The van der Waals surface area contributed by atoms with Gasteiger partial charge in [0.25, 0.3) is 0 Å². The number of rotatable bonds is 5. The summed E-state index contributed by atoms with van der Waals surface area (Å²) in [5.41, 5.74) is 1.04. The fraction of sp³-hybridized carbons (Fsp3) is 0.733. The Hall–Kier alpha value is -1.20. The van der Waals surface area contributed by atoms with Crippen LogP contribution in [0.5, 0.6) is 0 Å². The van der Waals surface area contributed by atoms with Gasteiger partial charge in [0.1, 0.15) is 11.6 Å². The van der Waals surface area contributed by atoms with Crippen LogP contribution in [0.2, 0.25) is 0 Å². The first kappa shape index (κ1) is 13.8. The monoisotopic (exact) mass is 275 g/mol. The van der Waals surface area contributed by atoms with Gasteiger partial charge in [-0.1, -0.05) is 0 Å². The zero-order chi connectivity index (χ0) is 13.9. The van der Waals surface area contributed by atoms with Crippen LogP contribution in [0.1, 0.15) is 31.3 Å². The van der Waals surface area contributed by atoms with Crippen LogP contribution < -0.4 is 5.32 Å². The predicted molar refractivity (Wildman–Crippen MR) is 80.8 cm³/mol. The third-order valence-electron chi connectivity index (χ3n) is 4.09. The van der Waals surface area contributed by atoms with Crippen LogP contribution in [0.15, 0.2) is 6.07 Å². The summed E-state index contributed by atoms with van der Waals surface area (Å²) in [6.45, 7) is 10.6. The van der Waals surface area contributed by atoms with Crippen molar-refractivity contribution in [2.24, 2.45) is 0 Å². The van der Waals surface area contributed by atoms with E-state index in [4.69, 9.17) is 0 Å². The molecule has 5 heteroatoms. The summed E-state index contributed by atoms with van der Waals surface area (Å²) in [5.74, 6) is 1.90. The normalized spacial score (nSPS) is 21.1. The highest BCUT2D eigenvalue weighted by Gasteiger charge is 2.31. The van der Waals surface area contributed by atoms with Gasteiger partial charge in [-0.25, -0.2) is 9.97 Å². The molecule has 1 aliphatic carbocycles. The van der Waals surface area contributed by atoms with Crippen LogP contribution in [-0.2, 0) is 6.54 Å². The van der Waals surface area contributed by atoms with Gasteiger partial charge in [-0.05, 0) is 26.7 Å². The molecule has 0 unspecified atom stereocenters. The lowest BCUT2D eigenvalue weighted by Crippen LogP contribution is -2.46. The minimum atomic E-state index is 0.874. The topological polar surface area (TPSA) is 44.3 Å². The number of anilines is 1. The summed E-state index contributed by atoms with van der Waals surface area (Å²) < 4.78 is 0. The number of hydrogen-bond acceptors (Lipinski definition) is 5. The summed E-state index contributed by atoms with van der Waals surface area (Å²) in [5, 5.41) is 3.28. The maximum absolute atomic E-state index is 4.61. The van der Waals surface area contributed by atoms with E-state index in [1.165, 1.54) is 25.9 Å². The molecule has 110 valence electrons. The average Bonchev–Trinajstić information content (AvgIpc) is 3.24. The van der Waals surface area contributed by atoms with Gasteiger partial charge in [0.2, 0.25) is 0 Å². The smallest absolute Gasteiger partial charge is 0.144 e. The number of nitrogens with one attached hydrogen (secondary N) is 1. The third kappa shape index (κ3) is 3.46. The van der Waals surface area contributed by atoms with Crippen molar-refractivity contribution in [3.05, 3.63) is 17.6 Å². The van der Waals surface area contributed by atoms with Crippen molar-refractivity contribution in [3.63, 3.8) is 0 Å². The van der Waals surface area contributed by atoms with E-state index in [1.54, 1.807) is 0 Å².